The number of cyclic esters (lactones) is 1. The average Bonchev–Trinajstić information content (AvgIpc) is 3.55. The summed E-state index contributed by atoms with van der Waals surface area (Å²) < 4.78 is 19.9. The highest BCUT2D eigenvalue weighted by Gasteiger charge is 2.24. The molecular weight excluding hydrogens is 433 g/mol. The van der Waals surface area contributed by atoms with Crippen molar-refractivity contribution in [3.8, 4) is 16.4 Å². The molecule has 2 aromatic carbocycles. The molecule has 0 aliphatic carbocycles. The second-order valence-electron chi connectivity index (χ2n) is 6.89. The summed E-state index contributed by atoms with van der Waals surface area (Å²) in [6.07, 6.45) is -0.422. The molecule has 2 amide bonds. The van der Waals surface area contributed by atoms with Crippen molar-refractivity contribution in [3.05, 3.63) is 77.7 Å². The summed E-state index contributed by atoms with van der Waals surface area (Å²) >= 11 is 1.45. The number of aromatic nitrogens is 3. The van der Waals surface area contributed by atoms with Crippen LogP contribution in [0.4, 0.5) is 20.6 Å². The third-order valence-corrected chi connectivity index (χ3v) is 5.67. The number of thiophene rings is 1. The number of hydrogen-bond acceptors (Lipinski definition) is 6. The van der Waals surface area contributed by atoms with Crippen molar-refractivity contribution in [1.82, 2.24) is 14.8 Å². The van der Waals surface area contributed by atoms with E-state index in [0.29, 0.717) is 36.0 Å². The molecule has 1 N–H and O–H groups in total. The van der Waals surface area contributed by atoms with Crippen LogP contribution in [0.1, 0.15) is 10.6 Å². The van der Waals surface area contributed by atoms with Crippen molar-refractivity contribution < 1.29 is 18.7 Å². The highest BCUT2D eigenvalue weighted by molar-refractivity contribution is 7.13. The number of carbonyl (C=O) groups excluding carboxylic acids is 2. The fourth-order valence-electron chi connectivity index (χ4n) is 3.30. The van der Waals surface area contributed by atoms with Gasteiger partial charge in [0.2, 0.25) is 5.82 Å². The van der Waals surface area contributed by atoms with Gasteiger partial charge in [-0.2, -0.15) is 0 Å². The molecule has 0 atom stereocenters. The van der Waals surface area contributed by atoms with Crippen molar-refractivity contribution in [2.75, 3.05) is 23.4 Å². The molecule has 8 nitrogen and oxygen atoms in total. The number of benzene rings is 2. The van der Waals surface area contributed by atoms with E-state index in [0.717, 1.165) is 4.88 Å². The predicted octanol–water partition coefficient (Wildman–Crippen LogP) is 4.34. The molecule has 0 spiro atoms. The maximum Gasteiger partial charge on any atom is 0.414 e. The summed E-state index contributed by atoms with van der Waals surface area (Å²) in [4.78, 5) is 31.5. The molecule has 1 fully saturated rings. The largest absolute Gasteiger partial charge is 0.447 e. The Bertz CT molecular complexity index is 1290. The quantitative estimate of drug-likeness (QED) is 0.490. The Balaban J connectivity index is 1.45. The molecule has 2 aromatic heterocycles. The van der Waals surface area contributed by atoms with Crippen LogP contribution in [0.25, 0.3) is 16.4 Å². The molecule has 0 unspecified atom stereocenters. The molecule has 1 aliphatic rings. The van der Waals surface area contributed by atoms with Crippen molar-refractivity contribution >= 4 is 34.7 Å². The van der Waals surface area contributed by atoms with Crippen LogP contribution in [0, 0.1) is 5.82 Å². The van der Waals surface area contributed by atoms with E-state index in [2.05, 4.69) is 15.4 Å². The minimum atomic E-state index is -0.509. The number of nitrogens with one attached hydrogen (secondary N) is 1. The summed E-state index contributed by atoms with van der Waals surface area (Å²) in [5, 5.41) is 9.03. The van der Waals surface area contributed by atoms with Gasteiger partial charge in [-0.25, -0.2) is 18.9 Å². The number of nitrogens with zero attached hydrogens (tertiary/aromatic N) is 4. The molecule has 32 heavy (non-hydrogen) atoms. The highest BCUT2D eigenvalue weighted by atomic mass is 32.1. The van der Waals surface area contributed by atoms with Crippen LogP contribution >= 0.6 is 11.3 Å². The third-order valence-electron chi connectivity index (χ3n) is 4.80. The maximum atomic E-state index is 13.4. The van der Waals surface area contributed by atoms with Crippen LogP contribution < -0.4 is 10.2 Å². The van der Waals surface area contributed by atoms with Crippen LogP contribution in [0.5, 0.6) is 0 Å². The minimum Gasteiger partial charge on any atom is -0.447 e. The van der Waals surface area contributed by atoms with Gasteiger partial charge < -0.3 is 10.1 Å². The number of anilines is 2. The van der Waals surface area contributed by atoms with Crippen LogP contribution in [0.3, 0.4) is 0 Å². The first-order chi connectivity index (χ1) is 15.6. The molecule has 10 heteroatoms. The van der Waals surface area contributed by atoms with Gasteiger partial charge in [-0.3, -0.25) is 9.69 Å². The van der Waals surface area contributed by atoms with E-state index in [1.165, 1.54) is 33.1 Å². The van der Waals surface area contributed by atoms with E-state index >= 15 is 0 Å². The Labute approximate surface area is 185 Å². The zero-order valence-corrected chi connectivity index (χ0v) is 17.4. The normalized spacial score (nSPS) is 13.3. The first kappa shape index (κ1) is 19.9. The lowest BCUT2D eigenvalue weighted by Gasteiger charge is -2.13. The number of rotatable bonds is 5. The molecule has 5 rings (SSSR count). The van der Waals surface area contributed by atoms with E-state index < -0.39 is 12.0 Å². The molecule has 0 radical (unpaired) electrons. The van der Waals surface area contributed by atoms with Crippen LogP contribution in [-0.2, 0) is 4.74 Å². The van der Waals surface area contributed by atoms with E-state index in [-0.39, 0.29) is 11.6 Å². The van der Waals surface area contributed by atoms with Gasteiger partial charge >= 0.3 is 6.09 Å². The highest BCUT2D eigenvalue weighted by Crippen LogP contribution is 2.27. The number of hydrogen-bond donors (Lipinski definition) is 1. The molecular formula is C22H16FN5O3S. The van der Waals surface area contributed by atoms with Gasteiger partial charge in [0.1, 0.15) is 12.4 Å². The van der Waals surface area contributed by atoms with Gasteiger partial charge in [0, 0.05) is 11.4 Å². The zero-order valence-electron chi connectivity index (χ0n) is 16.6. The predicted molar refractivity (Wildman–Crippen MR) is 118 cm³/mol. The zero-order chi connectivity index (χ0) is 22.1. The third kappa shape index (κ3) is 3.83. The lowest BCUT2D eigenvalue weighted by molar-refractivity contribution is 0.101. The SMILES string of the molecule is O=C(Nc1cccc(N2CCOC2=O)c1)c1nc(-c2cccs2)n(-c2ccc(F)cc2)n1. The van der Waals surface area contributed by atoms with Crippen molar-refractivity contribution in [2.24, 2.45) is 0 Å². The number of ether oxygens (including phenoxy) is 1. The van der Waals surface area contributed by atoms with Gasteiger partial charge in [0.05, 0.1) is 17.1 Å². The Kier molecular flexibility index (Phi) is 5.12. The second kappa shape index (κ2) is 8.23. The molecule has 160 valence electrons. The van der Waals surface area contributed by atoms with E-state index in [9.17, 15) is 14.0 Å². The van der Waals surface area contributed by atoms with Gasteiger partial charge in [-0.15, -0.1) is 16.4 Å². The Morgan fingerprint density at radius 3 is 2.66 bits per heavy atom. The summed E-state index contributed by atoms with van der Waals surface area (Å²) in [5.74, 6) is -0.440. The van der Waals surface area contributed by atoms with Gasteiger partial charge in [0.15, 0.2) is 5.82 Å². The molecule has 4 aromatic rings. The number of carbonyl (C=O) groups is 2. The topological polar surface area (TPSA) is 89.4 Å². The molecule has 0 bridgehead atoms. The van der Waals surface area contributed by atoms with Crippen LogP contribution in [0.2, 0.25) is 0 Å². The monoisotopic (exact) mass is 449 g/mol. The molecule has 1 saturated heterocycles. The summed E-state index contributed by atoms with van der Waals surface area (Å²) in [5.41, 5.74) is 1.69. The molecule has 1 aliphatic heterocycles. The summed E-state index contributed by atoms with van der Waals surface area (Å²) in [7, 11) is 0. The maximum absolute atomic E-state index is 13.4. The standard InChI is InChI=1S/C22H16FN5O3S/c23-14-6-8-16(9-7-14)28-20(18-5-2-12-32-18)25-19(26-28)21(29)24-15-3-1-4-17(13-15)27-10-11-31-22(27)30/h1-9,12-13H,10-11H2,(H,24,29). The smallest absolute Gasteiger partial charge is 0.414 e. The lowest BCUT2D eigenvalue weighted by atomic mass is 10.2. The van der Waals surface area contributed by atoms with E-state index in [1.807, 2.05) is 17.5 Å². The van der Waals surface area contributed by atoms with Crippen molar-refractivity contribution in [3.63, 3.8) is 0 Å². The second-order valence-corrected chi connectivity index (χ2v) is 7.84. The van der Waals surface area contributed by atoms with Gasteiger partial charge in [-0.05, 0) is 53.9 Å². The van der Waals surface area contributed by atoms with E-state index in [4.69, 9.17) is 4.74 Å². The molecule has 3 heterocycles. The summed E-state index contributed by atoms with van der Waals surface area (Å²) in [6, 6.07) is 16.4. The molecule has 0 saturated carbocycles. The summed E-state index contributed by atoms with van der Waals surface area (Å²) in [6.45, 7) is 0.774. The number of halogens is 1. The Hall–Kier alpha value is -4.05. The van der Waals surface area contributed by atoms with Crippen LogP contribution in [0.15, 0.2) is 66.0 Å². The van der Waals surface area contributed by atoms with Gasteiger partial charge in [0.25, 0.3) is 5.91 Å². The van der Waals surface area contributed by atoms with Gasteiger partial charge in [-0.1, -0.05) is 12.1 Å². The first-order valence-corrected chi connectivity index (χ1v) is 10.6. The minimum absolute atomic E-state index is 0.0382. The first-order valence-electron chi connectivity index (χ1n) is 9.71. The lowest BCUT2D eigenvalue weighted by Crippen LogP contribution is -2.23. The van der Waals surface area contributed by atoms with Crippen molar-refractivity contribution in [1.29, 1.82) is 0 Å². The fourth-order valence-corrected chi connectivity index (χ4v) is 4.00. The fraction of sp³-hybridized carbons (Fsp3) is 0.0909. The Morgan fingerprint density at radius 1 is 1.09 bits per heavy atom. The average molecular weight is 449 g/mol. The number of amides is 2. The van der Waals surface area contributed by atoms with Crippen LogP contribution in [-0.4, -0.2) is 39.9 Å². The van der Waals surface area contributed by atoms with E-state index in [1.54, 1.807) is 36.4 Å². The Morgan fingerprint density at radius 2 is 1.94 bits per heavy atom. The van der Waals surface area contributed by atoms with Crippen molar-refractivity contribution in [2.45, 2.75) is 0 Å².